The van der Waals surface area contributed by atoms with Gasteiger partial charge in [0.2, 0.25) is 0 Å². The first-order valence-corrected chi connectivity index (χ1v) is 7.87. The largest absolute Gasteiger partial charge is 0.367 e. The van der Waals surface area contributed by atoms with Crippen LogP contribution < -0.4 is 0 Å². The van der Waals surface area contributed by atoms with E-state index in [1.54, 1.807) is 24.3 Å². The van der Waals surface area contributed by atoms with Crippen LogP contribution >= 0.6 is 0 Å². The highest BCUT2D eigenvalue weighted by Gasteiger charge is 2.66. The lowest BCUT2D eigenvalue weighted by atomic mass is 9.91. The lowest BCUT2D eigenvalue weighted by Gasteiger charge is -2.43. The van der Waals surface area contributed by atoms with Gasteiger partial charge in [-0.05, 0) is 19.9 Å². The van der Waals surface area contributed by atoms with Crippen LogP contribution in [-0.4, -0.2) is 55.0 Å². The summed E-state index contributed by atoms with van der Waals surface area (Å²) < 4.78 is 0. The van der Waals surface area contributed by atoms with Crippen LogP contribution in [0, 0.1) is 0 Å². The molecule has 1 aromatic carbocycles. The van der Waals surface area contributed by atoms with E-state index in [0.717, 1.165) is 0 Å². The number of ketones is 1. The van der Waals surface area contributed by atoms with Gasteiger partial charge in [0.25, 0.3) is 0 Å². The first-order valence-electron chi connectivity index (χ1n) is 7.87. The van der Waals surface area contributed by atoms with Gasteiger partial charge in [0.05, 0.1) is 6.42 Å². The molecule has 0 fully saturated rings. The van der Waals surface area contributed by atoms with E-state index in [-0.39, 0.29) is 25.3 Å². The summed E-state index contributed by atoms with van der Waals surface area (Å²) in [6.45, 7) is 2.70. The smallest absolute Gasteiger partial charge is 0.289 e. The van der Waals surface area contributed by atoms with Crippen molar-refractivity contribution in [3.8, 4) is 0 Å². The van der Waals surface area contributed by atoms with Gasteiger partial charge < -0.3 is 0 Å². The van der Waals surface area contributed by atoms with Gasteiger partial charge in [-0.3, -0.25) is 4.79 Å². The van der Waals surface area contributed by atoms with Crippen LogP contribution in [-0.2, 0) is 0 Å². The summed E-state index contributed by atoms with van der Waals surface area (Å²) in [5, 5.41) is 41.2. The fraction of sp³-hybridized carbons (Fsp3) is 0.353. The van der Waals surface area contributed by atoms with Crippen molar-refractivity contribution < 1.29 is 35.2 Å². The minimum absolute atomic E-state index is 0.126. The topological polar surface area (TPSA) is 98.0 Å². The Labute approximate surface area is 140 Å². The molecule has 4 N–H and O–H groups in total. The lowest BCUT2D eigenvalue weighted by molar-refractivity contribution is -1.43. The summed E-state index contributed by atoms with van der Waals surface area (Å²) in [6, 6.07) is 8.70. The van der Waals surface area contributed by atoms with E-state index >= 15 is 0 Å². The van der Waals surface area contributed by atoms with Crippen molar-refractivity contribution in [3.63, 3.8) is 0 Å². The van der Waals surface area contributed by atoms with Gasteiger partial charge in [-0.2, -0.15) is 20.8 Å². The molecule has 0 spiro atoms. The average Bonchev–Trinajstić information content (AvgIpc) is 2.61. The molecule has 7 nitrogen and oxygen atoms in total. The number of benzene rings is 1. The van der Waals surface area contributed by atoms with E-state index < -0.39 is 15.3 Å². The number of Topliss-reactive ketones (excluding diaryl/α,β-unsaturated/α-hetero) is 1. The van der Waals surface area contributed by atoms with E-state index in [1.807, 2.05) is 6.07 Å². The molecule has 1 aromatic rings. The van der Waals surface area contributed by atoms with Gasteiger partial charge in [-0.25, -0.2) is 0 Å². The maximum atomic E-state index is 12.5. The Morgan fingerprint density at radius 1 is 1.04 bits per heavy atom. The monoisotopic (exact) mass is 336 g/mol. The Morgan fingerprint density at radius 3 is 2.00 bits per heavy atom. The number of hydrogen-bond donors (Lipinski definition) is 4. The summed E-state index contributed by atoms with van der Waals surface area (Å²) >= 11 is 0. The molecular formula is C17H24N2O5+2. The van der Waals surface area contributed by atoms with Crippen molar-refractivity contribution in [2.75, 3.05) is 13.1 Å². The molecule has 0 saturated heterocycles. The Balaban J connectivity index is 2.38. The Hall–Kier alpha value is -1.87. The second kappa shape index (κ2) is 6.56. The summed E-state index contributed by atoms with van der Waals surface area (Å²) in [6.07, 6.45) is 4.07. The second-order valence-corrected chi connectivity index (χ2v) is 5.86. The molecule has 0 radical (unpaired) electrons. The van der Waals surface area contributed by atoms with E-state index in [4.69, 9.17) is 0 Å². The van der Waals surface area contributed by atoms with E-state index in [0.29, 0.717) is 11.1 Å². The minimum atomic E-state index is -1.83. The zero-order valence-corrected chi connectivity index (χ0v) is 13.8. The zero-order valence-electron chi connectivity index (χ0n) is 13.8. The van der Waals surface area contributed by atoms with E-state index in [9.17, 15) is 25.6 Å². The molecule has 0 aliphatic heterocycles. The first kappa shape index (κ1) is 18.5. The molecule has 0 heterocycles. The third kappa shape index (κ3) is 2.93. The Kier molecular flexibility index (Phi) is 5.05. The highest BCUT2D eigenvalue weighted by molar-refractivity contribution is 6.10. The van der Waals surface area contributed by atoms with Crippen LogP contribution in [0.4, 0.5) is 0 Å². The molecule has 1 aliphatic carbocycles. The van der Waals surface area contributed by atoms with E-state index in [1.165, 1.54) is 32.1 Å². The minimum Gasteiger partial charge on any atom is -0.289 e. The van der Waals surface area contributed by atoms with Gasteiger partial charge in [-0.1, -0.05) is 36.4 Å². The van der Waals surface area contributed by atoms with Gasteiger partial charge in [0.1, 0.15) is 13.1 Å². The highest BCUT2D eigenvalue weighted by atomic mass is 16.9. The number of carbonyl (C=O) groups is 1. The van der Waals surface area contributed by atoms with Crippen molar-refractivity contribution in [3.05, 3.63) is 59.7 Å². The maximum absolute atomic E-state index is 12.5. The molecule has 0 unspecified atom stereocenters. The van der Waals surface area contributed by atoms with Crippen molar-refractivity contribution in [1.29, 1.82) is 0 Å². The van der Waals surface area contributed by atoms with Crippen LogP contribution in [0.5, 0.6) is 0 Å². The molecule has 0 saturated carbocycles. The third-order valence-electron chi connectivity index (χ3n) is 4.57. The Bertz CT molecular complexity index is 649. The van der Waals surface area contributed by atoms with Crippen LogP contribution in [0.1, 0.15) is 30.6 Å². The zero-order chi connectivity index (χ0) is 18.0. The van der Waals surface area contributed by atoms with E-state index in [2.05, 4.69) is 0 Å². The molecule has 1 aliphatic rings. The fourth-order valence-electron chi connectivity index (χ4n) is 2.88. The molecule has 130 valence electrons. The summed E-state index contributed by atoms with van der Waals surface area (Å²) in [4.78, 5) is 9.26. The molecular weight excluding hydrogens is 312 g/mol. The standard InChI is InChI=1S/C17H24N2O5/c1-3-18(21,22)17(19(23,24)4-2)12-10-15(11-13-17)16(20)14-8-6-5-7-9-14/h5-12,21-24H,3-4,13H2,1-2H3/q+2. The fourth-order valence-corrected chi connectivity index (χ4v) is 2.88. The van der Waals surface area contributed by atoms with Crippen LogP contribution in [0.25, 0.3) is 0 Å². The molecule has 0 aromatic heterocycles. The summed E-state index contributed by atoms with van der Waals surface area (Å²) in [7, 11) is 0. The van der Waals surface area contributed by atoms with Crippen molar-refractivity contribution in [2.45, 2.75) is 25.9 Å². The lowest BCUT2D eigenvalue weighted by Crippen LogP contribution is -2.74. The number of carbonyl (C=O) groups excluding carboxylic acids is 1. The average molecular weight is 336 g/mol. The second-order valence-electron chi connectivity index (χ2n) is 5.86. The SMILES string of the molecule is CC[N+](O)(O)C1([N+](O)(O)CC)C=CC(C(=O)c2ccccc2)=CC1. The molecule has 0 bridgehead atoms. The van der Waals surface area contributed by atoms with Crippen molar-refractivity contribution in [2.24, 2.45) is 0 Å². The normalized spacial score (nSPS) is 17.5. The molecule has 0 atom stereocenters. The molecule has 2 rings (SSSR count). The third-order valence-corrected chi connectivity index (χ3v) is 4.57. The van der Waals surface area contributed by atoms with Crippen LogP contribution in [0.15, 0.2) is 54.1 Å². The number of hydroxylamine groups is 8. The number of allylic oxidation sites excluding steroid dienone is 2. The summed E-state index contributed by atoms with van der Waals surface area (Å²) in [5.74, 6) is -0.212. The number of rotatable bonds is 6. The van der Waals surface area contributed by atoms with Crippen molar-refractivity contribution >= 4 is 5.78 Å². The van der Waals surface area contributed by atoms with Crippen molar-refractivity contribution in [1.82, 2.24) is 0 Å². The van der Waals surface area contributed by atoms with Gasteiger partial charge >= 0.3 is 5.66 Å². The number of nitrogens with zero attached hydrogens (tertiary/aromatic N) is 2. The molecule has 0 amide bonds. The Morgan fingerprint density at radius 2 is 1.58 bits per heavy atom. The van der Waals surface area contributed by atoms with Gasteiger partial charge in [0.15, 0.2) is 5.78 Å². The van der Waals surface area contributed by atoms with Crippen LogP contribution in [0.3, 0.4) is 0 Å². The quantitative estimate of drug-likeness (QED) is 0.277. The van der Waals surface area contributed by atoms with Crippen LogP contribution in [0.2, 0.25) is 0 Å². The first-order chi connectivity index (χ1) is 11.2. The number of hydrogen-bond acceptors (Lipinski definition) is 5. The van der Waals surface area contributed by atoms with Gasteiger partial charge in [-0.15, -0.1) is 0 Å². The number of quaternary nitrogens is 2. The maximum Gasteiger partial charge on any atom is 0.367 e. The predicted molar refractivity (Wildman–Crippen MR) is 84.1 cm³/mol. The molecule has 24 heavy (non-hydrogen) atoms. The predicted octanol–water partition coefficient (Wildman–Crippen LogP) is 2.68. The number of likely N-dealkylation sites (N-methyl/N-ethyl adjacent to an activating group) is 2. The van der Waals surface area contributed by atoms with Gasteiger partial charge in [0, 0.05) is 26.8 Å². The highest BCUT2D eigenvalue weighted by Crippen LogP contribution is 2.37. The summed E-state index contributed by atoms with van der Waals surface area (Å²) in [5.41, 5.74) is -0.956. The molecule has 7 heteroatoms.